The number of ether oxygens (including phenoxy) is 1. The van der Waals surface area contributed by atoms with Gasteiger partial charge < -0.3 is 15.8 Å². The van der Waals surface area contributed by atoms with Gasteiger partial charge in [-0.25, -0.2) is 0 Å². The van der Waals surface area contributed by atoms with Crippen LogP contribution in [0, 0.1) is 13.8 Å². The lowest BCUT2D eigenvalue weighted by atomic mass is 10.1. The van der Waals surface area contributed by atoms with Crippen molar-refractivity contribution in [3.05, 3.63) is 57.6 Å². The Kier molecular flexibility index (Phi) is 5.44. The van der Waals surface area contributed by atoms with Gasteiger partial charge in [-0.3, -0.25) is 4.79 Å². The number of anilines is 1. The number of nitrogens with one attached hydrogen (secondary N) is 1. The minimum absolute atomic E-state index is 0.126. The molecule has 2 aromatic carbocycles. The number of amides is 1. The van der Waals surface area contributed by atoms with Crippen molar-refractivity contribution in [1.29, 1.82) is 0 Å². The van der Waals surface area contributed by atoms with E-state index in [1.807, 2.05) is 18.2 Å². The summed E-state index contributed by atoms with van der Waals surface area (Å²) in [5.74, 6) is 0.112. The molecule has 22 heavy (non-hydrogen) atoms. The normalized spacial score (nSPS) is 10.3. The predicted molar refractivity (Wildman–Crippen MR) is 92.1 cm³/mol. The van der Waals surface area contributed by atoms with Gasteiger partial charge in [0.2, 0.25) is 0 Å². The summed E-state index contributed by atoms with van der Waals surface area (Å²) in [6.45, 7) is 4.78. The van der Waals surface area contributed by atoms with E-state index in [1.54, 1.807) is 0 Å². The molecule has 0 radical (unpaired) electrons. The summed E-state index contributed by atoms with van der Waals surface area (Å²) in [6, 6.07) is 12.1. The third-order valence-electron chi connectivity index (χ3n) is 3.37. The van der Waals surface area contributed by atoms with Crippen molar-refractivity contribution in [2.45, 2.75) is 20.4 Å². The minimum atomic E-state index is -0.493. The highest BCUT2D eigenvalue weighted by atomic mass is 79.9. The number of rotatable bonds is 6. The third kappa shape index (κ3) is 4.49. The molecule has 0 heterocycles. The maximum Gasteiger partial charge on any atom is 0.255 e. The van der Waals surface area contributed by atoms with Crippen molar-refractivity contribution < 1.29 is 9.53 Å². The van der Waals surface area contributed by atoms with Crippen LogP contribution in [0.2, 0.25) is 0 Å². The highest BCUT2D eigenvalue weighted by Crippen LogP contribution is 2.26. The molecule has 0 aromatic heterocycles. The van der Waals surface area contributed by atoms with E-state index >= 15 is 0 Å². The van der Waals surface area contributed by atoms with E-state index in [-0.39, 0.29) is 6.61 Å². The first-order chi connectivity index (χ1) is 10.5. The van der Waals surface area contributed by atoms with Crippen molar-refractivity contribution >= 4 is 27.5 Å². The zero-order valence-electron chi connectivity index (χ0n) is 12.7. The van der Waals surface area contributed by atoms with E-state index in [1.165, 1.54) is 11.1 Å². The average Bonchev–Trinajstić information content (AvgIpc) is 2.47. The molecular weight excluding hydrogens is 344 g/mol. The smallest absolute Gasteiger partial charge is 0.255 e. The molecule has 0 bridgehead atoms. The summed E-state index contributed by atoms with van der Waals surface area (Å²) >= 11 is 3.44. The van der Waals surface area contributed by atoms with Gasteiger partial charge in [-0.15, -0.1) is 0 Å². The number of hydrogen-bond donors (Lipinski definition) is 2. The Labute approximate surface area is 138 Å². The van der Waals surface area contributed by atoms with Crippen LogP contribution in [0.4, 0.5) is 5.69 Å². The molecule has 0 saturated carbocycles. The molecule has 2 rings (SSSR count). The second-order valence-corrected chi connectivity index (χ2v) is 6.03. The van der Waals surface area contributed by atoms with Gasteiger partial charge in [0.15, 0.2) is 6.61 Å². The van der Waals surface area contributed by atoms with Gasteiger partial charge >= 0.3 is 0 Å². The van der Waals surface area contributed by atoms with Gasteiger partial charge in [-0.2, -0.15) is 0 Å². The lowest BCUT2D eigenvalue weighted by Gasteiger charge is -2.11. The number of nitrogens with two attached hydrogens (primary N) is 1. The quantitative estimate of drug-likeness (QED) is 0.825. The largest absolute Gasteiger partial charge is 0.483 e. The molecule has 0 saturated heterocycles. The first-order valence-corrected chi connectivity index (χ1v) is 7.75. The molecule has 5 heteroatoms. The molecule has 0 aliphatic rings. The van der Waals surface area contributed by atoms with Crippen molar-refractivity contribution in [3.63, 3.8) is 0 Å². The van der Waals surface area contributed by atoms with Crippen LogP contribution < -0.4 is 15.8 Å². The lowest BCUT2D eigenvalue weighted by Crippen LogP contribution is -2.20. The topological polar surface area (TPSA) is 64.3 Å². The van der Waals surface area contributed by atoms with Gasteiger partial charge in [0.05, 0.1) is 4.47 Å². The molecule has 116 valence electrons. The standard InChI is InChI=1S/C17H19BrN2O2/c1-11-3-5-14(7-12(11)2)20-9-13-4-6-16(15(18)8-13)22-10-17(19)21/h3-8,20H,9-10H2,1-2H3,(H2,19,21). The van der Waals surface area contributed by atoms with Crippen LogP contribution in [0.5, 0.6) is 5.75 Å². The molecule has 3 N–H and O–H groups in total. The van der Waals surface area contributed by atoms with Crippen LogP contribution >= 0.6 is 15.9 Å². The van der Waals surface area contributed by atoms with Gasteiger partial charge in [0.25, 0.3) is 5.91 Å². The van der Waals surface area contributed by atoms with Crippen molar-refractivity contribution in [2.24, 2.45) is 5.73 Å². The molecule has 0 aliphatic carbocycles. The van der Waals surface area contributed by atoms with E-state index < -0.39 is 5.91 Å². The second-order valence-electron chi connectivity index (χ2n) is 5.17. The van der Waals surface area contributed by atoms with E-state index in [0.717, 1.165) is 15.7 Å². The van der Waals surface area contributed by atoms with Crippen LogP contribution in [0.3, 0.4) is 0 Å². The number of halogens is 1. The Bertz CT molecular complexity index is 686. The Morgan fingerprint density at radius 2 is 1.95 bits per heavy atom. The van der Waals surface area contributed by atoms with Gasteiger partial charge in [-0.05, 0) is 70.7 Å². The third-order valence-corrected chi connectivity index (χ3v) is 3.99. The Balaban J connectivity index is 1.99. The van der Waals surface area contributed by atoms with Crippen molar-refractivity contribution in [3.8, 4) is 5.75 Å². The van der Waals surface area contributed by atoms with E-state index in [9.17, 15) is 4.79 Å². The maximum atomic E-state index is 10.7. The monoisotopic (exact) mass is 362 g/mol. The number of carbonyl (C=O) groups excluding carboxylic acids is 1. The average molecular weight is 363 g/mol. The number of primary amides is 1. The fraction of sp³-hybridized carbons (Fsp3) is 0.235. The van der Waals surface area contributed by atoms with E-state index in [4.69, 9.17) is 10.5 Å². The molecule has 0 spiro atoms. The Morgan fingerprint density at radius 3 is 2.59 bits per heavy atom. The molecular formula is C17H19BrN2O2. The molecule has 0 unspecified atom stereocenters. The lowest BCUT2D eigenvalue weighted by molar-refractivity contribution is -0.119. The predicted octanol–water partition coefficient (Wildman–Crippen LogP) is 3.54. The fourth-order valence-electron chi connectivity index (χ4n) is 1.98. The number of hydrogen-bond acceptors (Lipinski definition) is 3. The summed E-state index contributed by atoms with van der Waals surface area (Å²) < 4.78 is 6.10. The van der Waals surface area contributed by atoms with Crippen molar-refractivity contribution in [1.82, 2.24) is 0 Å². The molecule has 2 aromatic rings. The van der Waals surface area contributed by atoms with Gasteiger partial charge in [0, 0.05) is 12.2 Å². The SMILES string of the molecule is Cc1ccc(NCc2ccc(OCC(N)=O)c(Br)c2)cc1C. The molecule has 0 aliphatic heterocycles. The summed E-state index contributed by atoms with van der Waals surface area (Å²) in [7, 11) is 0. The first kappa shape index (κ1) is 16.4. The van der Waals surface area contributed by atoms with Crippen LogP contribution in [0.1, 0.15) is 16.7 Å². The zero-order valence-corrected chi connectivity index (χ0v) is 14.2. The fourth-order valence-corrected chi connectivity index (χ4v) is 2.52. The summed E-state index contributed by atoms with van der Waals surface area (Å²) in [5.41, 5.74) is 9.81. The molecule has 0 atom stereocenters. The summed E-state index contributed by atoms with van der Waals surface area (Å²) in [5, 5.41) is 3.39. The number of benzene rings is 2. The van der Waals surface area contributed by atoms with Crippen LogP contribution in [-0.4, -0.2) is 12.5 Å². The van der Waals surface area contributed by atoms with E-state index in [2.05, 4.69) is 53.3 Å². The summed E-state index contributed by atoms with van der Waals surface area (Å²) in [6.07, 6.45) is 0. The number of carbonyl (C=O) groups is 1. The minimum Gasteiger partial charge on any atom is -0.483 e. The molecule has 1 amide bonds. The maximum absolute atomic E-state index is 10.7. The highest BCUT2D eigenvalue weighted by Gasteiger charge is 2.05. The zero-order chi connectivity index (χ0) is 16.1. The Morgan fingerprint density at radius 1 is 1.18 bits per heavy atom. The second kappa shape index (κ2) is 7.31. The highest BCUT2D eigenvalue weighted by molar-refractivity contribution is 9.10. The molecule has 0 fully saturated rings. The van der Waals surface area contributed by atoms with E-state index in [0.29, 0.717) is 12.3 Å². The summed E-state index contributed by atoms with van der Waals surface area (Å²) in [4.78, 5) is 10.7. The molecule has 4 nitrogen and oxygen atoms in total. The number of aryl methyl sites for hydroxylation is 2. The van der Waals surface area contributed by atoms with Crippen LogP contribution in [-0.2, 0) is 11.3 Å². The Hall–Kier alpha value is -2.01. The van der Waals surface area contributed by atoms with Gasteiger partial charge in [-0.1, -0.05) is 12.1 Å². The van der Waals surface area contributed by atoms with Crippen LogP contribution in [0.15, 0.2) is 40.9 Å². The van der Waals surface area contributed by atoms with Gasteiger partial charge in [0.1, 0.15) is 5.75 Å². The van der Waals surface area contributed by atoms with Crippen LogP contribution in [0.25, 0.3) is 0 Å². The first-order valence-electron chi connectivity index (χ1n) is 6.96. The van der Waals surface area contributed by atoms with Crippen molar-refractivity contribution in [2.75, 3.05) is 11.9 Å².